The van der Waals surface area contributed by atoms with Crippen molar-refractivity contribution in [2.75, 3.05) is 16.9 Å². The SMILES string of the molecule is COc1ccc(O)c([C@H]2C3=CC[C@@H]4C(=O)N(c5ccc(Cl)cc5)C(=O)[C@@H]4[C@@H]3C[C@H]3C(=O)N(c4ccc(Cl)cc4)C(=O)[C@@H]23)c1. The van der Waals surface area contributed by atoms with E-state index >= 15 is 0 Å². The van der Waals surface area contributed by atoms with Crippen molar-refractivity contribution in [2.45, 2.75) is 18.8 Å². The fraction of sp³-hybridized carbons (Fsp3) is 0.273. The van der Waals surface area contributed by atoms with Crippen molar-refractivity contribution < 1.29 is 29.0 Å². The van der Waals surface area contributed by atoms with Crippen molar-refractivity contribution in [1.29, 1.82) is 0 Å². The van der Waals surface area contributed by atoms with Crippen LogP contribution in [-0.2, 0) is 19.2 Å². The van der Waals surface area contributed by atoms with E-state index in [0.717, 1.165) is 5.57 Å². The molecule has 218 valence electrons. The lowest BCUT2D eigenvalue weighted by Gasteiger charge is -2.44. The molecule has 10 heteroatoms. The van der Waals surface area contributed by atoms with Crippen LogP contribution >= 0.6 is 23.2 Å². The molecule has 8 nitrogen and oxygen atoms in total. The van der Waals surface area contributed by atoms with E-state index in [9.17, 15) is 24.3 Å². The number of nitrogens with zero attached hydrogens (tertiary/aromatic N) is 2. The summed E-state index contributed by atoms with van der Waals surface area (Å²) in [5, 5.41) is 12.1. The number of hydrogen-bond acceptors (Lipinski definition) is 6. The molecule has 0 unspecified atom stereocenters. The summed E-state index contributed by atoms with van der Waals surface area (Å²) < 4.78 is 5.45. The average molecular weight is 617 g/mol. The Kier molecular flexibility index (Phi) is 6.59. The summed E-state index contributed by atoms with van der Waals surface area (Å²) in [6, 6.07) is 17.8. The van der Waals surface area contributed by atoms with Gasteiger partial charge in [-0.05, 0) is 85.5 Å². The molecule has 3 fully saturated rings. The summed E-state index contributed by atoms with van der Waals surface area (Å²) in [4.78, 5) is 58.3. The molecule has 4 amide bonds. The average Bonchev–Trinajstić information content (AvgIpc) is 3.41. The van der Waals surface area contributed by atoms with Crippen molar-refractivity contribution in [3.63, 3.8) is 0 Å². The number of rotatable bonds is 4. The molecule has 1 N–H and O–H groups in total. The molecular formula is C33H26Cl2N2O6. The van der Waals surface area contributed by atoms with Gasteiger partial charge in [-0.3, -0.25) is 29.0 Å². The van der Waals surface area contributed by atoms with E-state index < -0.39 is 35.5 Å². The monoisotopic (exact) mass is 616 g/mol. The summed E-state index contributed by atoms with van der Waals surface area (Å²) in [5.74, 6) is -5.08. The first-order valence-corrected chi connectivity index (χ1v) is 14.8. The Hall–Kier alpha value is -4.14. The van der Waals surface area contributed by atoms with Crippen molar-refractivity contribution >= 4 is 58.2 Å². The van der Waals surface area contributed by atoms with Crippen LogP contribution in [0.25, 0.3) is 0 Å². The molecule has 1 saturated carbocycles. The Morgan fingerprint density at radius 3 is 1.86 bits per heavy atom. The quantitative estimate of drug-likeness (QED) is 0.295. The Bertz CT molecular complexity index is 1720. The Labute approximate surface area is 257 Å². The van der Waals surface area contributed by atoms with Gasteiger partial charge in [0.15, 0.2) is 0 Å². The van der Waals surface area contributed by atoms with E-state index in [1.807, 2.05) is 6.08 Å². The summed E-state index contributed by atoms with van der Waals surface area (Å²) >= 11 is 12.1. The number of methoxy groups -OCH3 is 1. The molecule has 43 heavy (non-hydrogen) atoms. The first-order chi connectivity index (χ1) is 20.7. The normalized spacial score (nSPS) is 28.0. The topological polar surface area (TPSA) is 104 Å². The summed E-state index contributed by atoms with van der Waals surface area (Å²) in [5.41, 5.74) is 2.06. The lowest BCUT2D eigenvalue weighted by Crippen LogP contribution is -2.43. The van der Waals surface area contributed by atoms with Gasteiger partial charge in [0.2, 0.25) is 23.6 Å². The maximum absolute atomic E-state index is 14.2. The Morgan fingerprint density at radius 1 is 0.721 bits per heavy atom. The van der Waals surface area contributed by atoms with Gasteiger partial charge < -0.3 is 9.84 Å². The third kappa shape index (κ3) is 4.18. The van der Waals surface area contributed by atoms with Crippen molar-refractivity contribution in [2.24, 2.45) is 29.6 Å². The number of anilines is 2. The number of benzene rings is 3. The Balaban J connectivity index is 1.35. The van der Waals surface area contributed by atoms with Crippen molar-refractivity contribution in [3.8, 4) is 11.5 Å². The van der Waals surface area contributed by atoms with E-state index in [2.05, 4.69) is 0 Å². The van der Waals surface area contributed by atoms with Crippen LogP contribution in [0, 0.1) is 29.6 Å². The molecule has 2 aliphatic carbocycles. The second kappa shape index (κ2) is 10.2. The first-order valence-electron chi connectivity index (χ1n) is 14.0. The van der Waals surface area contributed by atoms with Gasteiger partial charge >= 0.3 is 0 Å². The number of fused-ring (bicyclic) bond motifs is 4. The van der Waals surface area contributed by atoms with Crippen LogP contribution in [0.15, 0.2) is 78.4 Å². The number of imide groups is 2. The van der Waals surface area contributed by atoms with Crippen LogP contribution in [0.2, 0.25) is 10.0 Å². The number of allylic oxidation sites excluding steroid dienone is 2. The van der Waals surface area contributed by atoms with Gasteiger partial charge in [0.25, 0.3) is 0 Å². The minimum absolute atomic E-state index is 0.0463. The Morgan fingerprint density at radius 2 is 1.28 bits per heavy atom. The van der Waals surface area contributed by atoms with Gasteiger partial charge in [-0.15, -0.1) is 0 Å². The molecule has 0 aromatic heterocycles. The van der Waals surface area contributed by atoms with Crippen LogP contribution in [0.1, 0.15) is 24.3 Å². The third-order valence-electron chi connectivity index (χ3n) is 9.39. The molecule has 0 radical (unpaired) electrons. The molecule has 0 spiro atoms. The lowest BCUT2D eigenvalue weighted by atomic mass is 9.57. The first kappa shape index (κ1) is 27.7. The predicted octanol–water partition coefficient (Wildman–Crippen LogP) is 5.75. The molecule has 3 aromatic carbocycles. The van der Waals surface area contributed by atoms with Crippen LogP contribution < -0.4 is 14.5 Å². The maximum atomic E-state index is 14.2. The molecule has 4 aliphatic rings. The highest BCUT2D eigenvalue weighted by molar-refractivity contribution is 6.31. The number of phenols is 1. The van der Waals surface area contributed by atoms with E-state index in [0.29, 0.717) is 39.2 Å². The molecule has 6 atom stereocenters. The summed E-state index contributed by atoms with van der Waals surface area (Å²) in [6.45, 7) is 0. The second-order valence-electron chi connectivity index (χ2n) is 11.4. The van der Waals surface area contributed by atoms with Gasteiger partial charge in [0, 0.05) is 21.5 Å². The zero-order valence-corrected chi connectivity index (χ0v) is 24.5. The van der Waals surface area contributed by atoms with Crippen molar-refractivity contribution in [1.82, 2.24) is 0 Å². The summed E-state index contributed by atoms with van der Waals surface area (Å²) in [7, 11) is 1.51. The number of amides is 4. The smallest absolute Gasteiger partial charge is 0.238 e. The number of carbonyl (C=O) groups excluding carboxylic acids is 4. The van der Waals surface area contributed by atoms with E-state index in [1.165, 1.54) is 23.0 Å². The molecule has 2 aliphatic heterocycles. The molecule has 2 heterocycles. The fourth-order valence-corrected chi connectivity index (χ4v) is 7.79. The number of carbonyl (C=O) groups is 4. The minimum atomic E-state index is -0.820. The van der Waals surface area contributed by atoms with Crippen molar-refractivity contribution in [3.05, 3.63) is 94.0 Å². The largest absolute Gasteiger partial charge is 0.508 e. The molecule has 2 saturated heterocycles. The van der Waals surface area contributed by atoms with Gasteiger partial charge in [-0.25, -0.2) is 0 Å². The molecular weight excluding hydrogens is 591 g/mol. The zero-order valence-electron chi connectivity index (χ0n) is 22.9. The highest BCUT2D eigenvalue weighted by Gasteiger charge is 2.62. The second-order valence-corrected chi connectivity index (χ2v) is 12.3. The van der Waals surface area contributed by atoms with Crippen LogP contribution in [0.5, 0.6) is 11.5 Å². The number of hydrogen-bond donors (Lipinski definition) is 1. The number of halogens is 2. The summed E-state index contributed by atoms with van der Waals surface area (Å²) in [6.07, 6.45) is 2.46. The fourth-order valence-electron chi connectivity index (χ4n) is 7.53. The zero-order chi connectivity index (χ0) is 30.2. The highest BCUT2D eigenvalue weighted by atomic mass is 35.5. The van der Waals surface area contributed by atoms with Crippen LogP contribution in [0.3, 0.4) is 0 Å². The third-order valence-corrected chi connectivity index (χ3v) is 9.89. The number of ether oxygens (including phenoxy) is 1. The van der Waals surface area contributed by atoms with E-state index in [4.69, 9.17) is 27.9 Å². The van der Waals surface area contributed by atoms with Crippen LogP contribution in [-0.4, -0.2) is 35.8 Å². The van der Waals surface area contributed by atoms with Crippen LogP contribution in [0.4, 0.5) is 11.4 Å². The van der Waals surface area contributed by atoms with Gasteiger partial charge in [-0.2, -0.15) is 0 Å². The van der Waals surface area contributed by atoms with Gasteiger partial charge in [0.05, 0.1) is 42.2 Å². The molecule has 3 aromatic rings. The minimum Gasteiger partial charge on any atom is -0.508 e. The van der Waals surface area contributed by atoms with E-state index in [1.54, 1.807) is 60.7 Å². The van der Waals surface area contributed by atoms with Gasteiger partial charge in [-0.1, -0.05) is 34.9 Å². The number of phenolic OH excluding ortho intramolecular Hbond substituents is 1. The highest BCUT2D eigenvalue weighted by Crippen LogP contribution is 2.59. The molecule has 7 rings (SSSR count). The standard InChI is InChI=1S/C33H26Cl2N2O6/c1-43-20-10-13-26(38)24(14-20)27-21-11-12-22-28(32(41)36(30(22)39)18-6-2-16(34)3-7-18)23(21)15-25-29(27)33(42)37(31(25)40)19-8-4-17(35)5-9-19/h2-11,13-14,22-23,25,27-29,38H,12,15H2,1H3/t22-,23+,25+,27+,28-,29+/m0/s1. The predicted molar refractivity (Wildman–Crippen MR) is 160 cm³/mol. The molecule has 0 bridgehead atoms. The van der Waals surface area contributed by atoms with Gasteiger partial charge in [0.1, 0.15) is 11.5 Å². The number of aromatic hydroxyl groups is 1. The lowest BCUT2D eigenvalue weighted by molar-refractivity contribution is -0.126. The maximum Gasteiger partial charge on any atom is 0.238 e. The van der Waals surface area contributed by atoms with E-state index in [-0.39, 0.29) is 35.8 Å².